The van der Waals surface area contributed by atoms with Crippen LogP contribution in [0.1, 0.15) is 43.6 Å². The molecule has 33 heavy (non-hydrogen) atoms. The number of sulfonamides is 1. The molecule has 0 bridgehead atoms. The Morgan fingerprint density at radius 2 is 1.88 bits per heavy atom. The number of hydrogen-bond donors (Lipinski definition) is 1. The minimum absolute atomic E-state index is 0.00980. The molecule has 1 spiro atoms. The van der Waals surface area contributed by atoms with Crippen LogP contribution in [-0.2, 0) is 21.2 Å². The molecule has 2 aliphatic rings. The first kappa shape index (κ1) is 24.3. The lowest BCUT2D eigenvalue weighted by atomic mass is 9.74. The van der Waals surface area contributed by atoms with E-state index in [1.807, 2.05) is 13.8 Å². The van der Waals surface area contributed by atoms with Crippen molar-refractivity contribution < 1.29 is 17.6 Å². The van der Waals surface area contributed by atoms with Gasteiger partial charge in [0.25, 0.3) is 0 Å². The minimum atomic E-state index is -3.24. The second-order valence-corrected chi connectivity index (χ2v) is 13.0. The van der Waals surface area contributed by atoms with Crippen molar-refractivity contribution in [1.82, 2.24) is 14.2 Å². The summed E-state index contributed by atoms with van der Waals surface area (Å²) in [6.45, 7) is 6.41. The van der Waals surface area contributed by atoms with Gasteiger partial charge in [0.15, 0.2) is 5.13 Å². The molecule has 0 unspecified atom stereocenters. The van der Waals surface area contributed by atoms with Gasteiger partial charge in [0.2, 0.25) is 15.9 Å². The predicted octanol–water partition coefficient (Wildman–Crippen LogP) is 3.34. The third kappa shape index (κ3) is 5.79. The number of aromatic nitrogens is 1. The summed E-state index contributed by atoms with van der Waals surface area (Å²) >= 11 is 1.42. The molecule has 2 aromatic rings. The van der Waals surface area contributed by atoms with Gasteiger partial charge in [0, 0.05) is 29.6 Å². The number of piperidine rings is 1. The lowest BCUT2D eigenvalue weighted by molar-refractivity contribution is -0.117. The van der Waals surface area contributed by atoms with Crippen molar-refractivity contribution >= 4 is 32.4 Å². The molecule has 1 aromatic heterocycles. The molecule has 0 saturated carbocycles. The summed E-state index contributed by atoms with van der Waals surface area (Å²) in [6.07, 6.45) is 6.29. The van der Waals surface area contributed by atoms with Crippen LogP contribution in [-0.4, -0.2) is 66.5 Å². The number of likely N-dealkylation sites (tertiary alicyclic amines) is 1. The van der Waals surface area contributed by atoms with Gasteiger partial charge < -0.3 is 5.32 Å². The first-order valence-electron chi connectivity index (χ1n) is 11.1. The average Bonchev–Trinajstić information content (AvgIpc) is 3.26. The average molecular weight is 495 g/mol. The van der Waals surface area contributed by atoms with Crippen LogP contribution in [0, 0.1) is 11.2 Å². The van der Waals surface area contributed by atoms with Gasteiger partial charge in [-0.25, -0.2) is 17.8 Å². The summed E-state index contributed by atoms with van der Waals surface area (Å²) in [5.41, 5.74) is 0.609. The van der Waals surface area contributed by atoms with E-state index in [-0.39, 0.29) is 22.7 Å². The zero-order chi connectivity index (χ0) is 23.9. The standard InChI is InChI=1S/C23H31FN4O3S2/c1-22(2)15-23(16-28(22)33(3,30)31)8-10-27(11-9-23)14-20(29)26-21-25-13-19(32-21)12-17-4-6-18(24)7-5-17/h4-7,13H,8-12,14-16H2,1-3H3,(H,25,26,29). The zero-order valence-corrected chi connectivity index (χ0v) is 20.9. The van der Waals surface area contributed by atoms with Gasteiger partial charge in [0.1, 0.15) is 5.82 Å². The number of halogens is 1. The van der Waals surface area contributed by atoms with E-state index in [9.17, 15) is 17.6 Å². The van der Waals surface area contributed by atoms with E-state index >= 15 is 0 Å². The van der Waals surface area contributed by atoms with Crippen LogP contribution < -0.4 is 5.32 Å². The van der Waals surface area contributed by atoms with Crippen molar-refractivity contribution in [3.63, 3.8) is 0 Å². The Balaban J connectivity index is 1.27. The molecule has 1 amide bonds. The molecule has 3 heterocycles. The number of amides is 1. The second-order valence-electron chi connectivity index (χ2n) is 10.0. The van der Waals surface area contributed by atoms with Gasteiger partial charge in [-0.3, -0.25) is 9.69 Å². The van der Waals surface area contributed by atoms with Crippen molar-refractivity contribution in [3.05, 3.63) is 46.7 Å². The topological polar surface area (TPSA) is 82.6 Å². The molecule has 7 nitrogen and oxygen atoms in total. The third-order valence-corrected chi connectivity index (χ3v) is 9.07. The lowest BCUT2D eigenvalue weighted by Crippen LogP contribution is -2.45. The summed E-state index contributed by atoms with van der Waals surface area (Å²) in [7, 11) is -3.24. The van der Waals surface area contributed by atoms with Crippen LogP contribution in [0.3, 0.4) is 0 Å². The molecule has 2 fully saturated rings. The summed E-state index contributed by atoms with van der Waals surface area (Å²) in [5.74, 6) is -0.359. The predicted molar refractivity (Wildman–Crippen MR) is 128 cm³/mol. The van der Waals surface area contributed by atoms with Crippen molar-refractivity contribution in [1.29, 1.82) is 0 Å². The SMILES string of the molecule is CC1(C)CC2(CCN(CC(=O)Nc3ncc(Cc4ccc(F)cc4)s3)CC2)CN1S(C)(=O)=O. The number of anilines is 1. The Morgan fingerprint density at radius 3 is 2.48 bits per heavy atom. The molecule has 1 aromatic carbocycles. The Morgan fingerprint density at radius 1 is 1.21 bits per heavy atom. The van der Waals surface area contributed by atoms with Crippen LogP contribution in [0.5, 0.6) is 0 Å². The van der Waals surface area contributed by atoms with E-state index in [2.05, 4.69) is 15.2 Å². The third-order valence-electron chi connectivity index (χ3n) is 6.74. The van der Waals surface area contributed by atoms with E-state index < -0.39 is 10.0 Å². The Hall–Kier alpha value is -1.88. The Bertz CT molecular complexity index is 1110. The van der Waals surface area contributed by atoms with E-state index in [0.29, 0.717) is 24.6 Å². The fourth-order valence-corrected chi connectivity index (χ4v) is 7.61. The largest absolute Gasteiger partial charge is 0.301 e. The van der Waals surface area contributed by atoms with E-state index in [0.717, 1.165) is 42.8 Å². The lowest BCUT2D eigenvalue weighted by Gasteiger charge is -2.39. The summed E-state index contributed by atoms with van der Waals surface area (Å²) in [6, 6.07) is 6.37. The van der Waals surface area contributed by atoms with Crippen molar-refractivity contribution in [2.75, 3.05) is 37.8 Å². The molecule has 0 atom stereocenters. The fraction of sp³-hybridized carbons (Fsp3) is 0.565. The molecular formula is C23H31FN4O3S2. The highest BCUT2D eigenvalue weighted by atomic mass is 32.2. The van der Waals surface area contributed by atoms with Gasteiger partial charge >= 0.3 is 0 Å². The minimum Gasteiger partial charge on any atom is -0.301 e. The number of benzene rings is 1. The van der Waals surface area contributed by atoms with Crippen LogP contribution in [0.4, 0.5) is 9.52 Å². The van der Waals surface area contributed by atoms with Crippen molar-refractivity contribution in [2.45, 2.75) is 45.1 Å². The zero-order valence-electron chi connectivity index (χ0n) is 19.3. The van der Waals surface area contributed by atoms with Crippen LogP contribution in [0.15, 0.2) is 30.5 Å². The van der Waals surface area contributed by atoms with Crippen LogP contribution >= 0.6 is 11.3 Å². The van der Waals surface area contributed by atoms with Gasteiger partial charge in [-0.2, -0.15) is 4.31 Å². The molecular weight excluding hydrogens is 463 g/mol. The summed E-state index contributed by atoms with van der Waals surface area (Å²) in [4.78, 5) is 20.0. The number of nitrogens with one attached hydrogen (secondary N) is 1. The number of hydrogen-bond acceptors (Lipinski definition) is 6. The Kier molecular flexibility index (Phi) is 6.65. The first-order valence-corrected chi connectivity index (χ1v) is 13.8. The normalized spacial score (nSPS) is 20.8. The maximum absolute atomic E-state index is 13.1. The molecule has 0 radical (unpaired) electrons. The van der Waals surface area contributed by atoms with Crippen molar-refractivity contribution in [3.8, 4) is 0 Å². The van der Waals surface area contributed by atoms with Crippen LogP contribution in [0.2, 0.25) is 0 Å². The molecule has 1 N–H and O–H groups in total. The number of carbonyl (C=O) groups excluding carboxylic acids is 1. The smallest absolute Gasteiger partial charge is 0.240 e. The first-order chi connectivity index (χ1) is 15.4. The molecule has 0 aliphatic carbocycles. The highest BCUT2D eigenvalue weighted by Crippen LogP contribution is 2.48. The molecule has 2 aliphatic heterocycles. The monoisotopic (exact) mass is 494 g/mol. The summed E-state index contributed by atoms with van der Waals surface area (Å²) in [5, 5.41) is 3.45. The molecule has 10 heteroatoms. The number of rotatable bonds is 6. The van der Waals surface area contributed by atoms with Crippen LogP contribution in [0.25, 0.3) is 0 Å². The molecule has 2 saturated heterocycles. The maximum atomic E-state index is 13.1. The number of thiazole rings is 1. The molecule has 180 valence electrons. The van der Waals surface area contributed by atoms with Crippen molar-refractivity contribution in [2.24, 2.45) is 5.41 Å². The van der Waals surface area contributed by atoms with Gasteiger partial charge in [-0.05, 0) is 69.3 Å². The quantitative estimate of drug-likeness (QED) is 0.666. The number of carbonyl (C=O) groups is 1. The van der Waals surface area contributed by atoms with Gasteiger partial charge in [-0.15, -0.1) is 11.3 Å². The number of nitrogens with zero attached hydrogens (tertiary/aromatic N) is 3. The molecule has 4 rings (SSSR count). The Labute approximate surface area is 199 Å². The van der Waals surface area contributed by atoms with E-state index in [4.69, 9.17) is 0 Å². The van der Waals surface area contributed by atoms with E-state index in [1.54, 1.807) is 22.6 Å². The van der Waals surface area contributed by atoms with Gasteiger partial charge in [0.05, 0.1) is 12.8 Å². The van der Waals surface area contributed by atoms with Gasteiger partial charge in [-0.1, -0.05) is 12.1 Å². The second kappa shape index (κ2) is 9.05. The highest BCUT2D eigenvalue weighted by molar-refractivity contribution is 7.88. The fourth-order valence-electron chi connectivity index (χ4n) is 5.28. The van der Waals surface area contributed by atoms with E-state index in [1.165, 1.54) is 29.7 Å². The summed E-state index contributed by atoms with van der Waals surface area (Å²) < 4.78 is 39.1. The maximum Gasteiger partial charge on any atom is 0.240 e. The highest BCUT2D eigenvalue weighted by Gasteiger charge is 2.52.